The molecule has 0 aromatic heterocycles. The van der Waals surface area contributed by atoms with E-state index in [-0.39, 0.29) is 36.7 Å². The van der Waals surface area contributed by atoms with Gasteiger partial charge in [-0.15, -0.1) is 0 Å². The normalized spacial score (nSPS) is 16.0. The molecule has 0 radical (unpaired) electrons. The molecule has 32 heavy (non-hydrogen) atoms. The van der Waals surface area contributed by atoms with E-state index in [9.17, 15) is 23.1 Å². The first-order chi connectivity index (χ1) is 15.3. The summed E-state index contributed by atoms with van der Waals surface area (Å²) in [6.45, 7) is 0.113. The number of carbonyl (C=O) groups excluding carboxylic acids is 1. The highest BCUT2D eigenvalue weighted by atomic mass is 19.4. The van der Waals surface area contributed by atoms with Crippen LogP contribution in [0.4, 0.5) is 18.9 Å². The number of nitrogens with one attached hydrogen (secondary N) is 1. The number of ether oxygens (including phenoxy) is 2. The summed E-state index contributed by atoms with van der Waals surface area (Å²) in [7, 11) is 0. The highest BCUT2D eigenvalue weighted by molar-refractivity contribution is 6.01. The lowest BCUT2D eigenvalue weighted by Gasteiger charge is -2.19. The van der Waals surface area contributed by atoms with Gasteiger partial charge in [-0.2, -0.15) is 13.2 Å². The Morgan fingerprint density at radius 2 is 1.72 bits per heavy atom. The standard InChI is InChI=1S/C24H18F3NO4.H2/c25-24(26,27)18-12-15(6-7-16(18)17-3-1-2-4-19(17)29)28-22(30)23(9-10-23)14-5-8-20-21(11-14)32-13-31-20;/h1-8,11-12,29H,9-10,13H2,(H,28,30);1H. The summed E-state index contributed by atoms with van der Waals surface area (Å²) in [4.78, 5) is 13.1. The molecule has 0 spiro atoms. The Bertz CT molecular complexity index is 1220. The topological polar surface area (TPSA) is 67.8 Å². The number of fused-ring (bicyclic) bond motifs is 1. The number of halogens is 3. The molecule has 1 aliphatic heterocycles. The fraction of sp³-hybridized carbons (Fsp3) is 0.208. The fourth-order valence-electron chi connectivity index (χ4n) is 4.01. The number of phenolic OH excluding ortho intramolecular Hbond substituents is 1. The van der Waals surface area contributed by atoms with Crippen molar-refractivity contribution >= 4 is 11.6 Å². The number of amides is 1. The van der Waals surface area contributed by atoms with E-state index < -0.39 is 17.2 Å². The van der Waals surface area contributed by atoms with Gasteiger partial charge in [0.25, 0.3) is 0 Å². The van der Waals surface area contributed by atoms with E-state index in [0.29, 0.717) is 24.3 Å². The number of alkyl halides is 3. The molecule has 0 bridgehead atoms. The third kappa shape index (κ3) is 3.41. The molecular weight excluding hydrogens is 423 g/mol. The molecule has 1 saturated carbocycles. The van der Waals surface area contributed by atoms with Gasteiger partial charge in [-0.3, -0.25) is 4.79 Å². The number of hydrogen-bond acceptors (Lipinski definition) is 4. The van der Waals surface area contributed by atoms with Gasteiger partial charge in [-0.25, -0.2) is 0 Å². The molecule has 0 unspecified atom stereocenters. The maximum atomic E-state index is 13.8. The molecule has 1 aliphatic carbocycles. The molecule has 1 amide bonds. The Labute approximate surface area is 182 Å². The number of anilines is 1. The van der Waals surface area contributed by atoms with Crippen molar-refractivity contribution in [2.24, 2.45) is 0 Å². The van der Waals surface area contributed by atoms with Crippen molar-refractivity contribution < 1.29 is 34.0 Å². The maximum Gasteiger partial charge on any atom is 0.417 e. The molecule has 5 nitrogen and oxygen atoms in total. The number of phenols is 1. The van der Waals surface area contributed by atoms with Crippen molar-refractivity contribution in [3.05, 3.63) is 71.8 Å². The summed E-state index contributed by atoms with van der Waals surface area (Å²) in [6, 6.07) is 14.6. The van der Waals surface area contributed by atoms with Gasteiger partial charge in [0.2, 0.25) is 12.7 Å². The van der Waals surface area contributed by atoms with Gasteiger partial charge in [0.05, 0.1) is 11.0 Å². The van der Waals surface area contributed by atoms with Crippen LogP contribution in [0.2, 0.25) is 0 Å². The fourth-order valence-corrected chi connectivity index (χ4v) is 4.01. The third-order valence-electron chi connectivity index (χ3n) is 5.89. The van der Waals surface area contributed by atoms with Crippen molar-refractivity contribution in [2.75, 3.05) is 12.1 Å². The molecule has 5 rings (SSSR count). The van der Waals surface area contributed by atoms with Gasteiger partial charge in [-0.1, -0.05) is 30.3 Å². The van der Waals surface area contributed by atoms with Crippen LogP contribution in [-0.4, -0.2) is 17.8 Å². The second-order valence-electron chi connectivity index (χ2n) is 7.88. The minimum Gasteiger partial charge on any atom is -0.507 e. The van der Waals surface area contributed by atoms with Crippen LogP contribution in [0.25, 0.3) is 11.1 Å². The first kappa shape index (κ1) is 20.2. The number of carbonyl (C=O) groups is 1. The van der Waals surface area contributed by atoms with E-state index in [0.717, 1.165) is 11.6 Å². The van der Waals surface area contributed by atoms with Crippen LogP contribution in [0.5, 0.6) is 17.2 Å². The van der Waals surface area contributed by atoms with Crippen molar-refractivity contribution in [1.82, 2.24) is 0 Å². The summed E-state index contributed by atoms with van der Waals surface area (Å²) < 4.78 is 52.1. The monoisotopic (exact) mass is 443 g/mol. The number of para-hydroxylation sites is 1. The minimum atomic E-state index is -4.67. The van der Waals surface area contributed by atoms with E-state index in [1.165, 1.54) is 30.3 Å². The van der Waals surface area contributed by atoms with Crippen LogP contribution in [0, 0.1) is 0 Å². The minimum absolute atomic E-state index is 0. The van der Waals surface area contributed by atoms with E-state index in [2.05, 4.69) is 5.32 Å². The zero-order chi connectivity index (χ0) is 22.5. The van der Waals surface area contributed by atoms with Crippen molar-refractivity contribution in [2.45, 2.75) is 24.4 Å². The van der Waals surface area contributed by atoms with Gasteiger partial charge in [0.15, 0.2) is 11.5 Å². The summed E-state index contributed by atoms with van der Waals surface area (Å²) in [5, 5.41) is 12.7. The molecule has 3 aromatic rings. The molecule has 1 heterocycles. The molecule has 166 valence electrons. The molecule has 0 saturated heterocycles. The van der Waals surface area contributed by atoms with Crippen molar-refractivity contribution in [3.63, 3.8) is 0 Å². The summed E-state index contributed by atoms with van der Waals surface area (Å²) in [5.74, 6) is 0.516. The first-order valence-electron chi connectivity index (χ1n) is 9.99. The van der Waals surface area contributed by atoms with Gasteiger partial charge >= 0.3 is 6.18 Å². The molecular formula is C24H20F3NO4. The summed E-state index contributed by atoms with van der Waals surface area (Å²) in [6.07, 6.45) is -3.51. The Morgan fingerprint density at radius 1 is 0.969 bits per heavy atom. The second kappa shape index (κ2) is 7.19. The molecule has 0 atom stereocenters. The average molecular weight is 443 g/mol. The number of aromatic hydroxyl groups is 1. The third-order valence-corrected chi connectivity index (χ3v) is 5.89. The quantitative estimate of drug-likeness (QED) is 0.541. The zero-order valence-corrected chi connectivity index (χ0v) is 16.7. The van der Waals surface area contributed by atoms with E-state index >= 15 is 0 Å². The van der Waals surface area contributed by atoms with Crippen LogP contribution >= 0.6 is 0 Å². The largest absolute Gasteiger partial charge is 0.507 e. The lowest BCUT2D eigenvalue weighted by atomic mass is 9.94. The SMILES string of the molecule is O=C(Nc1ccc(-c2ccccc2O)c(C(F)(F)F)c1)C1(c2ccc3c(c2)OCO3)CC1.[HH]. The lowest BCUT2D eigenvalue weighted by Crippen LogP contribution is -2.28. The van der Waals surface area contributed by atoms with E-state index in [1.54, 1.807) is 24.3 Å². The van der Waals surface area contributed by atoms with Gasteiger partial charge in [-0.05, 0) is 54.3 Å². The number of rotatable bonds is 4. The number of hydrogen-bond donors (Lipinski definition) is 2. The van der Waals surface area contributed by atoms with Crippen molar-refractivity contribution in [3.8, 4) is 28.4 Å². The number of benzene rings is 3. The van der Waals surface area contributed by atoms with E-state index in [4.69, 9.17) is 9.47 Å². The zero-order valence-electron chi connectivity index (χ0n) is 16.7. The highest BCUT2D eigenvalue weighted by Crippen LogP contribution is 2.51. The van der Waals surface area contributed by atoms with Crippen LogP contribution in [0.15, 0.2) is 60.7 Å². The molecule has 8 heteroatoms. The summed E-state index contributed by atoms with van der Waals surface area (Å²) >= 11 is 0. The Kier molecular flexibility index (Phi) is 4.54. The van der Waals surface area contributed by atoms with Gasteiger partial charge in [0.1, 0.15) is 5.75 Å². The van der Waals surface area contributed by atoms with Crippen LogP contribution in [0.1, 0.15) is 25.4 Å². The van der Waals surface area contributed by atoms with Gasteiger partial charge in [0, 0.05) is 12.7 Å². The Hall–Kier alpha value is -3.68. The summed E-state index contributed by atoms with van der Waals surface area (Å²) in [5.41, 5.74) is -1.07. The van der Waals surface area contributed by atoms with Crippen LogP contribution in [0.3, 0.4) is 0 Å². The Balaban J connectivity index is 0.00000259. The molecule has 1 fully saturated rings. The lowest BCUT2D eigenvalue weighted by molar-refractivity contribution is -0.137. The maximum absolute atomic E-state index is 13.8. The predicted octanol–water partition coefficient (Wildman–Crippen LogP) is 5.72. The second-order valence-corrected chi connectivity index (χ2v) is 7.88. The smallest absolute Gasteiger partial charge is 0.417 e. The molecule has 2 N–H and O–H groups in total. The molecule has 3 aromatic carbocycles. The average Bonchev–Trinajstić information content (AvgIpc) is 3.44. The predicted molar refractivity (Wildman–Crippen MR) is 113 cm³/mol. The van der Waals surface area contributed by atoms with Crippen LogP contribution < -0.4 is 14.8 Å². The van der Waals surface area contributed by atoms with Gasteiger partial charge < -0.3 is 19.9 Å². The highest BCUT2D eigenvalue weighted by Gasteiger charge is 2.51. The van der Waals surface area contributed by atoms with Crippen LogP contribution in [-0.2, 0) is 16.4 Å². The molecule has 2 aliphatic rings. The van der Waals surface area contributed by atoms with Crippen molar-refractivity contribution in [1.29, 1.82) is 0 Å². The first-order valence-corrected chi connectivity index (χ1v) is 9.99. The Morgan fingerprint density at radius 3 is 2.44 bits per heavy atom. The van der Waals surface area contributed by atoms with E-state index in [1.807, 2.05) is 0 Å².